The van der Waals surface area contributed by atoms with E-state index < -0.39 is 0 Å². The van der Waals surface area contributed by atoms with Crippen LogP contribution >= 0.6 is 0 Å². The van der Waals surface area contributed by atoms with Gasteiger partial charge in [-0.25, -0.2) is 4.79 Å². The SMILES string of the molecule is CCN(CC)C(=O)Oc1ccc2c(ccn2Cc2ccc(/C=C/c3ccccc3)cc2)c1-c1ccc(C)cc1. The Bertz CT molecular complexity index is 1580. The number of fused-ring (bicyclic) bond motifs is 1. The number of carbonyl (C=O) groups is 1. The summed E-state index contributed by atoms with van der Waals surface area (Å²) < 4.78 is 8.20. The monoisotopic (exact) mass is 514 g/mol. The predicted molar refractivity (Wildman–Crippen MR) is 162 cm³/mol. The molecule has 0 fully saturated rings. The number of rotatable bonds is 8. The molecule has 5 aromatic rings. The predicted octanol–water partition coefficient (Wildman–Crippen LogP) is 8.68. The molecule has 5 rings (SSSR count). The first-order valence-electron chi connectivity index (χ1n) is 13.5. The Kier molecular flexibility index (Phi) is 7.93. The van der Waals surface area contributed by atoms with Crippen molar-refractivity contribution in [2.75, 3.05) is 13.1 Å². The Morgan fingerprint density at radius 1 is 0.795 bits per heavy atom. The number of ether oxygens (including phenoxy) is 1. The second-order valence-corrected chi connectivity index (χ2v) is 9.71. The molecule has 0 aliphatic heterocycles. The molecule has 0 unspecified atom stereocenters. The molecule has 0 radical (unpaired) electrons. The summed E-state index contributed by atoms with van der Waals surface area (Å²) in [4.78, 5) is 14.5. The van der Waals surface area contributed by atoms with Crippen LogP contribution in [-0.4, -0.2) is 28.6 Å². The molecule has 4 aromatic carbocycles. The molecular weight excluding hydrogens is 480 g/mol. The number of aromatic nitrogens is 1. The van der Waals surface area contributed by atoms with Crippen molar-refractivity contribution in [1.82, 2.24) is 9.47 Å². The normalized spacial score (nSPS) is 11.3. The summed E-state index contributed by atoms with van der Waals surface area (Å²) in [5, 5.41) is 1.06. The molecule has 196 valence electrons. The van der Waals surface area contributed by atoms with E-state index in [4.69, 9.17) is 4.74 Å². The molecule has 0 saturated heterocycles. The Morgan fingerprint density at radius 2 is 1.46 bits per heavy atom. The molecule has 0 aliphatic carbocycles. The van der Waals surface area contributed by atoms with Crippen molar-refractivity contribution >= 4 is 29.1 Å². The van der Waals surface area contributed by atoms with Crippen molar-refractivity contribution in [1.29, 1.82) is 0 Å². The van der Waals surface area contributed by atoms with Crippen LogP contribution in [-0.2, 0) is 6.54 Å². The lowest BCUT2D eigenvalue weighted by atomic mass is 9.99. The fourth-order valence-corrected chi connectivity index (χ4v) is 4.82. The molecule has 0 aliphatic rings. The summed E-state index contributed by atoms with van der Waals surface area (Å²) in [6.45, 7) is 7.95. The number of aryl methyl sites for hydroxylation is 1. The lowest BCUT2D eigenvalue weighted by molar-refractivity contribution is 0.157. The zero-order valence-electron chi connectivity index (χ0n) is 22.8. The van der Waals surface area contributed by atoms with E-state index in [1.54, 1.807) is 4.90 Å². The van der Waals surface area contributed by atoms with Gasteiger partial charge < -0.3 is 14.2 Å². The minimum atomic E-state index is -0.325. The van der Waals surface area contributed by atoms with Gasteiger partial charge in [-0.1, -0.05) is 96.6 Å². The van der Waals surface area contributed by atoms with Crippen LogP contribution in [0, 0.1) is 6.92 Å². The summed E-state index contributed by atoms with van der Waals surface area (Å²) in [6, 6.07) is 33.5. The van der Waals surface area contributed by atoms with Gasteiger partial charge in [0.05, 0.1) is 0 Å². The topological polar surface area (TPSA) is 34.5 Å². The molecule has 4 nitrogen and oxygen atoms in total. The van der Waals surface area contributed by atoms with Crippen LogP contribution in [0.15, 0.2) is 103 Å². The molecule has 0 atom stereocenters. The highest BCUT2D eigenvalue weighted by Crippen LogP contribution is 2.38. The lowest BCUT2D eigenvalue weighted by Gasteiger charge is -2.20. The van der Waals surface area contributed by atoms with E-state index in [9.17, 15) is 4.79 Å². The van der Waals surface area contributed by atoms with Crippen LogP contribution < -0.4 is 4.74 Å². The summed E-state index contributed by atoms with van der Waals surface area (Å²) in [7, 11) is 0. The van der Waals surface area contributed by atoms with Crippen LogP contribution in [0.4, 0.5) is 4.79 Å². The van der Waals surface area contributed by atoms with Gasteiger partial charge in [0, 0.05) is 42.3 Å². The van der Waals surface area contributed by atoms with Gasteiger partial charge in [0.1, 0.15) is 5.75 Å². The molecule has 1 heterocycles. The smallest absolute Gasteiger partial charge is 0.410 e. The quantitative estimate of drug-likeness (QED) is 0.194. The molecule has 0 spiro atoms. The van der Waals surface area contributed by atoms with Crippen molar-refractivity contribution in [3.63, 3.8) is 0 Å². The van der Waals surface area contributed by atoms with Crippen LogP contribution in [0.5, 0.6) is 5.75 Å². The largest absolute Gasteiger partial charge is 0.415 e. The summed E-state index contributed by atoms with van der Waals surface area (Å²) in [5.74, 6) is 0.579. The van der Waals surface area contributed by atoms with E-state index >= 15 is 0 Å². The minimum absolute atomic E-state index is 0.325. The van der Waals surface area contributed by atoms with Gasteiger partial charge in [0.15, 0.2) is 0 Å². The fourth-order valence-electron chi connectivity index (χ4n) is 4.82. The average Bonchev–Trinajstić information content (AvgIpc) is 3.37. The highest BCUT2D eigenvalue weighted by molar-refractivity contribution is 5.99. The van der Waals surface area contributed by atoms with Crippen LogP contribution in [0.1, 0.15) is 36.1 Å². The maximum atomic E-state index is 12.8. The highest BCUT2D eigenvalue weighted by Gasteiger charge is 2.19. The lowest BCUT2D eigenvalue weighted by Crippen LogP contribution is -2.33. The molecule has 1 amide bonds. The third-order valence-corrected chi connectivity index (χ3v) is 7.07. The number of nitrogens with zero attached hydrogens (tertiary/aromatic N) is 2. The van der Waals surface area contributed by atoms with Crippen molar-refractivity contribution in [3.8, 4) is 16.9 Å². The Morgan fingerprint density at radius 3 is 2.13 bits per heavy atom. The highest BCUT2D eigenvalue weighted by atomic mass is 16.6. The van der Waals surface area contributed by atoms with Crippen LogP contribution in [0.3, 0.4) is 0 Å². The van der Waals surface area contributed by atoms with Gasteiger partial charge in [-0.3, -0.25) is 0 Å². The Labute approximate surface area is 230 Å². The fraction of sp³-hybridized carbons (Fsp3) is 0.171. The van der Waals surface area contributed by atoms with E-state index in [2.05, 4.69) is 103 Å². The van der Waals surface area contributed by atoms with E-state index in [1.807, 2.05) is 38.1 Å². The molecule has 0 saturated carbocycles. The number of amides is 1. The molecule has 0 bridgehead atoms. The number of benzene rings is 4. The minimum Gasteiger partial charge on any atom is -0.410 e. The van der Waals surface area contributed by atoms with Crippen LogP contribution in [0.25, 0.3) is 34.2 Å². The van der Waals surface area contributed by atoms with Crippen molar-refractivity contribution in [3.05, 3.63) is 126 Å². The summed E-state index contributed by atoms with van der Waals surface area (Å²) in [6.07, 6.45) is 6.06. The standard InChI is InChI=1S/C35H34N2O2/c1-4-36(5-2)35(38)39-33-22-21-32-31(34(33)30-19-11-26(3)12-20-30)23-24-37(32)25-29-17-15-28(16-18-29)14-13-27-9-7-6-8-10-27/h6-24H,4-5,25H2,1-3H3/b14-13+. The molecule has 0 N–H and O–H groups in total. The second-order valence-electron chi connectivity index (χ2n) is 9.71. The third-order valence-electron chi connectivity index (χ3n) is 7.07. The maximum Gasteiger partial charge on any atom is 0.415 e. The zero-order chi connectivity index (χ0) is 27.2. The summed E-state index contributed by atoms with van der Waals surface area (Å²) >= 11 is 0. The number of hydrogen-bond donors (Lipinski definition) is 0. The second kappa shape index (κ2) is 11.9. The van der Waals surface area contributed by atoms with E-state index in [0.717, 1.165) is 28.6 Å². The molecule has 4 heteroatoms. The average molecular weight is 515 g/mol. The third kappa shape index (κ3) is 5.96. The van der Waals surface area contributed by atoms with E-state index in [1.165, 1.54) is 22.3 Å². The van der Waals surface area contributed by atoms with Crippen molar-refractivity contribution in [2.24, 2.45) is 0 Å². The Balaban J connectivity index is 1.45. The van der Waals surface area contributed by atoms with E-state index in [-0.39, 0.29) is 6.09 Å². The molecular formula is C35H34N2O2. The van der Waals surface area contributed by atoms with Crippen molar-refractivity contribution in [2.45, 2.75) is 27.3 Å². The van der Waals surface area contributed by atoms with Gasteiger partial charge in [-0.15, -0.1) is 0 Å². The first kappa shape index (κ1) is 26.1. The molecule has 39 heavy (non-hydrogen) atoms. The summed E-state index contributed by atoms with van der Waals surface area (Å²) in [5.41, 5.74) is 7.83. The Hall–Kier alpha value is -4.57. The van der Waals surface area contributed by atoms with Gasteiger partial charge in [0.2, 0.25) is 0 Å². The first-order chi connectivity index (χ1) is 19.1. The zero-order valence-corrected chi connectivity index (χ0v) is 22.8. The van der Waals surface area contributed by atoms with Gasteiger partial charge in [0.25, 0.3) is 0 Å². The van der Waals surface area contributed by atoms with Gasteiger partial charge in [-0.2, -0.15) is 0 Å². The van der Waals surface area contributed by atoms with Crippen LogP contribution in [0.2, 0.25) is 0 Å². The number of hydrogen-bond acceptors (Lipinski definition) is 2. The number of carbonyl (C=O) groups excluding carboxylic acids is 1. The van der Waals surface area contributed by atoms with E-state index in [0.29, 0.717) is 18.8 Å². The van der Waals surface area contributed by atoms with Crippen molar-refractivity contribution < 1.29 is 9.53 Å². The molecule has 1 aromatic heterocycles. The first-order valence-corrected chi connectivity index (χ1v) is 13.5. The van der Waals surface area contributed by atoms with Gasteiger partial charge >= 0.3 is 6.09 Å². The van der Waals surface area contributed by atoms with Gasteiger partial charge in [-0.05, 0) is 61.2 Å². The maximum absolute atomic E-state index is 12.8.